The zero-order valence-corrected chi connectivity index (χ0v) is 10.2. The third-order valence-corrected chi connectivity index (χ3v) is 5.45. The molecule has 0 aliphatic carbocycles. The normalized spacial score (nSPS) is 21.7. The Hall–Kier alpha value is -1.36. The topological polar surface area (TPSA) is 54.5 Å². The fourth-order valence-electron chi connectivity index (χ4n) is 1.86. The number of nitrogens with zero attached hydrogens (tertiary/aromatic N) is 1. The van der Waals surface area contributed by atoms with E-state index in [1.165, 1.54) is 24.8 Å². The standard InChI is InChI=1S/C11H13NO3S/c1-11(2)10(13)12(3)8-6-4-5-7-9(8)16(11,14)15/h4-7H,1-3H3. The van der Waals surface area contributed by atoms with E-state index in [1.54, 1.807) is 25.2 Å². The average molecular weight is 239 g/mol. The third kappa shape index (κ3) is 1.15. The molecule has 2 rings (SSSR count). The second kappa shape index (κ2) is 3.07. The lowest BCUT2D eigenvalue weighted by Gasteiger charge is -2.35. The monoisotopic (exact) mass is 239 g/mol. The van der Waals surface area contributed by atoms with E-state index in [1.807, 2.05) is 0 Å². The van der Waals surface area contributed by atoms with E-state index >= 15 is 0 Å². The molecule has 0 N–H and O–H groups in total. The maximum atomic E-state index is 12.2. The quantitative estimate of drug-likeness (QED) is 0.684. The van der Waals surface area contributed by atoms with E-state index in [9.17, 15) is 13.2 Å². The zero-order chi connectivity index (χ0) is 12.1. The summed E-state index contributed by atoms with van der Waals surface area (Å²) in [6.45, 7) is 2.88. The summed E-state index contributed by atoms with van der Waals surface area (Å²) in [5, 5.41) is 0. The largest absolute Gasteiger partial charge is 0.313 e. The Balaban J connectivity index is 2.85. The summed E-state index contributed by atoms with van der Waals surface area (Å²) in [4.78, 5) is 13.6. The molecule has 1 aliphatic rings. The van der Waals surface area contributed by atoms with Crippen LogP contribution in [0.15, 0.2) is 29.2 Å². The van der Waals surface area contributed by atoms with Gasteiger partial charge in [-0.15, -0.1) is 0 Å². The molecule has 0 radical (unpaired) electrons. The molecule has 86 valence electrons. The molecule has 0 unspecified atom stereocenters. The Bertz CT molecular complexity index is 560. The number of fused-ring (bicyclic) bond motifs is 1. The first kappa shape index (κ1) is 11.1. The van der Waals surface area contributed by atoms with Crippen LogP contribution < -0.4 is 4.90 Å². The van der Waals surface area contributed by atoms with Crippen molar-refractivity contribution in [1.29, 1.82) is 0 Å². The number of anilines is 1. The minimum absolute atomic E-state index is 0.224. The molecule has 0 bridgehead atoms. The molecule has 0 spiro atoms. The number of sulfone groups is 1. The predicted molar refractivity (Wildman–Crippen MR) is 61.1 cm³/mol. The van der Waals surface area contributed by atoms with E-state index < -0.39 is 20.5 Å². The number of hydrogen-bond donors (Lipinski definition) is 0. The second-order valence-corrected chi connectivity index (χ2v) is 6.81. The van der Waals surface area contributed by atoms with E-state index in [4.69, 9.17) is 0 Å². The van der Waals surface area contributed by atoms with Gasteiger partial charge in [0, 0.05) is 7.05 Å². The van der Waals surface area contributed by atoms with Gasteiger partial charge in [0.2, 0.25) is 5.91 Å². The number of carbonyl (C=O) groups is 1. The number of carbonyl (C=O) groups excluding carboxylic acids is 1. The van der Waals surface area contributed by atoms with Gasteiger partial charge in [-0.05, 0) is 26.0 Å². The van der Waals surface area contributed by atoms with Crippen LogP contribution in [0.2, 0.25) is 0 Å². The first-order chi connectivity index (χ1) is 7.30. The maximum Gasteiger partial charge on any atom is 0.248 e. The molecule has 16 heavy (non-hydrogen) atoms. The van der Waals surface area contributed by atoms with E-state index in [0.29, 0.717) is 5.69 Å². The van der Waals surface area contributed by atoms with E-state index in [2.05, 4.69) is 0 Å². The average Bonchev–Trinajstić information content (AvgIpc) is 2.25. The van der Waals surface area contributed by atoms with Crippen molar-refractivity contribution in [2.45, 2.75) is 23.5 Å². The lowest BCUT2D eigenvalue weighted by molar-refractivity contribution is -0.120. The van der Waals surface area contributed by atoms with Gasteiger partial charge in [0.1, 0.15) is 4.75 Å². The first-order valence-corrected chi connectivity index (χ1v) is 6.40. The molecule has 1 heterocycles. The fourth-order valence-corrected chi connectivity index (χ4v) is 3.52. The summed E-state index contributed by atoms with van der Waals surface area (Å²) in [5.41, 5.74) is 0.451. The van der Waals surface area contributed by atoms with Crippen molar-refractivity contribution < 1.29 is 13.2 Å². The minimum Gasteiger partial charge on any atom is -0.313 e. The summed E-state index contributed by atoms with van der Waals surface area (Å²) >= 11 is 0. The van der Waals surface area contributed by atoms with Gasteiger partial charge in [0.25, 0.3) is 0 Å². The molecule has 4 nitrogen and oxygen atoms in total. The Morgan fingerprint density at radius 2 is 1.75 bits per heavy atom. The molecule has 1 aromatic rings. The second-order valence-electron chi connectivity index (χ2n) is 4.35. The van der Waals surface area contributed by atoms with Gasteiger partial charge in [-0.25, -0.2) is 8.42 Å². The number of benzene rings is 1. The molecule has 5 heteroatoms. The number of hydrogen-bond acceptors (Lipinski definition) is 3. The molecular formula is C11H13NO3S. The summed E-state index contributed by atoms with van der Waals surface area (Å²) in [6, 6.07) is 6.56. The lowest BCUT2D eigenvalue weighted by Crippen LogP contribution is -2.52. The Labute approximate surface area is 94.8 Å². The highest BCUT2D eigenvalue weighted by molar-refractivity contribution is 7.94. The van der Waals surface area contributed by atoms with Crippen molar-refractivity contribution in [3.63, 3.8) is 0 Å². The SMILES string of the molecule is CN1C(=O)C(C)(C)S(=O)(=O)c2ccccc21. The van der Waals surface area contributed by atoms with Gasteiger partial charge in [-0.3, -0.25) is 4.79 Å². The third-order valence-electron chi connectivity index (χ3n) is 3.01. The lowest BCUT2D eigenvalue weighted by atomic mass is 10.1. The van der Waals surface area contributed by atoms with Crippen LogP contribution in [-0.2, 0) is 14.6 Å². The summed E-state index contributed by atoms with van der Waals surface area (Å²) in [6.07, 6.45) is 0. The van der Waals surface area contributed by atoms with Crippen LogP contribution in [0.3, 0.4) is 0 Å². The number of rotatable bonds is 0. The van der Waals surface area contributed by atoms with Crippen LogP contribution in [0.1, 0.15) is 13.8 Å². The van der Waals surface area contributed by atoms with Crippen LogP contribution in [-0.4, -0.2) is 26.1 Å². The van der Waals surface area contributed by atoms with Crippen LogP contribution in [0.25, 0.3) is 0 Å². The Morgan fingerprint density at radius 3 is 2.38 bits per heavy atom. The predicted octanol–water partition coefficient (Wildman–Crippen LogP) is 1.22. The van der Waals surface area contributed by atoms with Gasteiger partial charge in [-0.1, -0.05) is 12.1 Å². The molecule has 0 aromatic heterocycles. The van der Waals surface area contributed by atoms with Gasteiger partial charge in [-0.2, -0.15) is 0 Å². The van der Waals surface area contributed by atoms with Crippen molar-refractivity contribution in [3.05, 3.63) is 24.3 Å². The van der Waals surface area contributed by atoms with Crippen LogP contribution in [0.4, 0.5) is 5.69 Å². The molecule has 0 fully saturated rings. The number of amides is 1. The smallest absolute Gasteiger partial charge is 0.248 e. The van der Waals surface area contributed by atoms with Crippen molar-refractivity contribution in [3.8, 4) is 0 Å². The molecule has 1 aliphatic heterocycles. The highest BCUT2D eigenvalue weighted by Gasteiger charge is 2.49. The Morgan fingerprint density at radius 1 is 1.19 bits per heavy atom. The molecule has 0 atom stereocenters. The van der Waals surface area contributed by atoms with Crippen molar-refractivity contribution >= 4 is 21.4 Å². The summed E-state index contributed by atoms with van der Waals surface area (Å²) in [7, 11) is -2.00. The molecule has 1 aromatic carbocycles. The zero-order valence-electron chi connectivity index (χ0n) is 9.39. The van der Waals surface area contributed by atoms with Crippen LogP contribution in [0, 0.1) is 0 Å². The first-order valence-electron chi connectivity index (χ1n) is 4.92. The van der Waals surface area contributed by atoms with Crippen molar-refractivity contribution in [2.75, 3.05) is 11.9 Å². The summed E-state index contributed by atoms with van der Waals surface area (Å²) in [5.74, 6) is -0.397. The maximum absolute atomic E-state index is 12.2. The fraction of sp³-hybridized carbons (Fsp3) is 0.364. The van der Waals surface area contributed by atoms with Crippen molar-refractivity contribution in [2.24, 2.45) is 0 Å². The van der Waals surface area contributed by atoms with Gasteiger partial charge in [0.15, 0.2) is 9.84 Å². The molecule has 1 amide bonds. The highest BCUT2D eigenvalue weighted by atomic mass is 32.2. The Kier molecular flexibility index (Phi) is 2.14. The minimum atomic E-state index is -3.59. The highest BCUT2D eigenvalue weighted by Crippen LogP contribution is 2.38. The van der Waals surface area contributed by atoms with Crippen LogP contribution in [0.5, 0.6) is 0 Å². The number of para-hydroxylation sites is 1. The van der Waals surface area contributed by atoms with Gasteiger partial charge < -0.3 is 4.90 Å². The molecular weight excluding hydrogens is 226 g/mol. The van der Waals surface area contributed by atoms with Crippen molar-refractivity contribution in [1.82, 2.24) is 0 Å². The van der Waals surface area contributed by atoms with Gasteiger partial charge in [0.05, 0.1) is 10.6 Å². The van der Waals surface area contributed by atoms with Gasteiger partial charge >= 0.3 is 0 Å². The van der Waals surface area contributed by atoms with E-state index in [-0.39, 0.29) is 4.90 Å². The molecule has 0 saturated carbocycles. The van der Waals surface area contributed by atoms with Crippen LogP contribution >= 0.6 is 0 Å². The summed E-state index contributed by atoms with van der Waals surface area (Å²) < 4.78 is 23.1. The van der Waals surface area contributed by atoms with E-state index in [0.717, 1.165) is 0 Å². The molecule has 0 saturated heterocycles.